The van der Waals surface area contributed by atoms with Crippen molar-refractivity contribution in [2.75, 3.05) is 49.2 Å². The molecule has 0 bridgehead atoms. The smallest absolute Gasteiger partial charge is 0.315 e. The van der Waals surface area contributed by atoms with Crippen LogP contribution in [0.15, 0.2) is 36.7 Å². The van der Waals surface area contributed by atoms with Crippen LogP contribution in [0.1, 0.15) is 25.0 Å². The molecule has 4 heterocycles. The number of ether oxygens (including phenoxy) is 2. The second kappa shape index (κ2) is 10.6. The average molecular weight is 441 g/mol. The number of carbonyl (C=O) groups excluding carboxylic acids is 1. The zero-order valence-electron chi connectivity index (χ0n) is 18.8. The van der Waals surface area contributed by atoms with Crippen LogP contribution in [0, 0.1) is 0 Å². The average Bonchev–Trinajstić information content (AvgIpc) is 2.82. The molecule has 2 amide bonds. The molecule has 2 aliphatic rings. The summed E-state index contributed by atoms with van der Waals surface area (Å²) in [5.41, 5.74) is 1.91. The fourth-order valence-corrected chi connectivity index (χ4v) is 3.90. The molecular formula is C23H32N6O3. The van der Waals surface area contributed by atoms with Gasteiger partial charge in [-0.1, -0.05) is 12.1 Å². The normalized spacial score (nSPS) is 21.3. The van der Waals surface area contributed by atoms with E-state index < -0.39 is 0 Å². The van der Waals surface area contributed by atoms with Crippen LogP contribution in [0.4, 0.5) is 16.4 Å². The van der Waals surface area contributed by atoms with Gasteiger partial charge in [-0.3, -0.25) is 0 Å². The summed E-state index contributed by atoms with van der Waals surface area (Å²) in [7, 11) is 0. The van der Waals surface area contributed by atoms with Crippen LogP contribution < -0.4 is 20.4 Å². The van der Waals surface area contributed by atoms with Crippen LogP contribution in [0.2, 0.25) is 0 Å². The maximum atomic E-state index is 12.2. The van der Waals surface area contributed by atoms with E-state index in [1.807, 2.05) is 36.7 Å². The molecule has 0 unspecified atom stereocenters. The number of amides is 2. The van der Waals surface area contributed by atoms with Crippen LogP contribution in [0.3, 0.4) is 0 Å². The van der Waals surface area contributed by atoms with Gasteiger partial charge >= 0.3 is 6.03 Å². The Balaban J connectivity index is 1.20. The summed E-state index contributed by atoms with van der Waals surface area (Å²) in [5, 5.41) is 5.75. The molecule has 9 heteroatoms. The van der Waals surface area contributed by atoms with Gasteiger partial charge in [0.2, 0.25) is 0 Å². The molecule has 2 saturated heterocycles. The number of urea groups is 1. The van der Waals surface area contributed by atoms with Crippen molar-refractivity contribution in [3.8, 4) is 0 Å². The number of rotatable bonds is 6. The number of pyridine rings is 2. The molecule has 2 aliphatic heterocycles. The molecule has 2 aromatic heterocycles. The summed E-state index contributed by atoms with van der Waals surface area (Å²) in [4.78, 5) is 25.7. The summed E-state index contributed by atoms with van der Waals surface area (Å²) >= 11 is 0. The van der Waals surface area contributed by atoms with E-state index in [0.717, 1.165) is 62.2 Å². The topological polar surface area (TPSA) is 91.9 Å². The van der Waals surface area contributed by atoms with Crippen LogP contribution in [0.25, 0.3) is 0 Å². The SMILES string of the molecule is C[C@H]1CN(c2ccc(CNC(=O)NCc3ccc(N4CCO[C@@H](C)C4)nc3)cn2)CCO1. The highest BCUT2D eigenvalue weighted by Crippen LogP contribution is 2.16. The van der Waals surface area contributed by atoms with Crippen LogP contribution in [0.5, 0.6) is 0 Å². The second-order valence-corrected chi connectivity index (χ2v) is 8.34. The first-order valence-electron chi connectivity index (χ1n) is 11.2. The number of hydrogen-bond donors (Lipinski definition) is 2. The van der Waals surface area contributed by atoms with Crippen LogP contribution in [-0.2, 0) is 22.6 Å². The van der Waals surface area contributed by atoms with E-state index in [9.17, 15) is 4.79 Å². The highest BCUT2D eigenvalue weighted by molar-refractivity contribution is 5.73. The van der Waals surface area contributed by atoms with E-state index in [2.05, 4.69) is 44.2 Å². The zero-order valence-corrected chi connectivity index (χ0v) is 18.8. The Kier molecular flexibility index (Phi) is 7.39. The van der Waals surface area contributed by atoms with E-state index in [4.69, 9.17) is 9.47 Å². The Morgan fingerprint density at radius 3 is 1.72 bits per heavy atom. The lowest BCUT2D eigenvalue weighted by Gasteiger charge is -2.32. The van der Waals surface area contributed by atoms with E-state index in [1.54, 1.807) is 0 Å². The molecule has 32 heavy (non-hydrogen) atoms. The number of nitrogens with zero attached hydrogens (tertiary/aromatic N) is 4. The monoisotopic (exact) mass is 440 g/mol. The minimum absolute atomic E-state index is 0.213. The Morgan fingerprint density at radius 1 is 0.875 bits per heavy atom. The van der Waals surface area contributed by atoms with Crippen molar-refractivity contribution >= 4 is 17.7 Å². The minimum Gasteiger partial charge on any atom is -0.375 e. The van der Waals surface area contributed by atoms with Crippen molar-refractivity contribution in [2.45, 2.75) is 39.1 Å². The minimum atomic E-state index is -0.220. The van der Waals surface area contributed by atoms with Crippen molar-refractivity contribution in [3.63, 3.8) is 0 Å². The number of aromatic nitrogens is 2. The highest BCUT2D eigenvalue weighted by Gasteiger charge is 2.18. The summed E-state index contributed by atoms with van der Waals surface area (Å²) in [6, 6.07) is 7.77. The summed E-state index contributed by atoms with van der Waals surface area (Å²) in [6.07, 6.45) is 4.05. The van der Waals surface area contributed by atoms with Gasteiger partial charge in [-0.25, -0.2) is 14.8 Å². The molecule has 2 aromatic rings. The predicted molar refractivity (Wildman–Crippen MR) is 123 cm³/mol. The summed E-state index contributed by atoms with van der Waals surface area (Å²) < 4.78 is 11.2. The largest absolute Gasteiger partial charge is 0.375 e. The van der Waals surface area contributed by atoms with Crippen molar-refractivity contribution in [2.24, 2.45) is 0 Å². The number of hydrogen-bond acceptors (Lipinski definition) is 7. The van der Waals surface area contributed by atoms with Gasteiger partial charge in [-0.05, 0) is 37.1 Å². The van der Waals surface area contributed by atoms with Gasteiger partial charge in [-0.15, -0.1) is 0 Å². The molecule has 0 aliphatic carbocycles. The van der Waals surface area contributed by atoms with Gasteiger partial charge in [0.05, 0.1) is 25.4 Å². The predicted octanol–water partition coefficient (Wildman–Crippen LogP) is 1.93. The van der Waals surface area contributed by atoms with Crippen LogP contribution in [-0.4, -0.2) is 67.6 Å². The van der Waals surface area contributed by atoms with Gasteiger partial charge in [0.15, 0.2) is 0 Å². The molecule has 0 spiro atoms. The number of carbonyl (C=O) groups is 1. The first-order valence-corrected chi connectivity index (χ1v) is 11.2. The summed E-state index contributed by atoms with van der Waals surface area (Å²) in [6.45, 7) is 9.79. The molecule has 0 saturated carbocycles. The second-order valence-electron chi connectivity index (χ2n) is 8.34. The van der Waals surface area contributed by atoms with Gasteiger partial charge < -0.3 is 29.9 Å². The highest BCUT2D eigenvalue weighted by atomic mass is 16.5. The van der Waals surface area contributed by atoms with Gasteiger partial charge in [-0.2, -0.15) is 0 Å². The van der Waals surface area contributed by atoms with Gasteiger partial charge in [0.1, 0.15) is 11.6 Å². The van der Waals surface area contributed by atoms with Crippen molar-refractivity contribution in [1.29, 1.82) is 0 Å². The van der Waals surface area contributed by atoms with E-state index in [0.29, 0.717) is 13.1 Å². The lowest BCUT2D eigenvalue weighted by molar-refractivity contribution is 0.0528. The molecule has 2 N–H and O–H groups in total. The molecule has 2 fully saturated rings. The van der Waals surface area contributed by atoms with Crippen molar-refractivity contribution in [3.05, 3.63) is 47.8 Å². The maximum Gasteiger partial charge on any atom is 0.315 e. The first-order chi connectivity index (χ1) is 15.6. The molecule has 172 valence electrons. The first kappa shape index (κ1) is 22.3. The fraction of sp³-hybridized carbons (Fsp3) is 0.522. The molecule has 0 radical (unpaired) electrons. The van der Waals surface area contributed by atoms with Crippen molar-refractivity contribution < 1.29 is 14.3 Å². The third kappa shape index (κ3) is 6.08. The Bertz CT molecular complexity index is 805. The fourth-order valence-electron chi connectivity index (χ4n) is 3.90. The van der Waals surface area contributed by atoms with Crippen LogP contribution >= 0.6 is 0 Å². The van der Waals surface area contributed by atoms with Crippen molar-refractivity contribution in [1.82, 2.24) is 20.6 Å². The Labute approximate surface area is 189 Å². The Hall–Kier alpha value is -2.91. The maximum absolute atomic E-state index is 12.2. The summed E-state index contributed by atoms with van der Waals surface area (Å²) in [5.74, 6) is 1.88. The quantitative estimate of drug-likeness (QED) is 0.709. The van der Waals surface area contributed by atoms with E-state index >= 15 is 0 Å². The van der Waals surface area contributed by atoms with E-state index in [1.165, 1.54) is 0 Å². The molecule has 4 rings (SSSR count). The third-order valence-electron chi connectivity index (χ3n) is 5.65. The third-order valence-corrected chi connectivity index (χ3v) is 5.65. The lowest BCUT2D eigenvalue weighted by Crippen LogP contribution is -2.41. The zero-order chi connectivity index (χ0) is 22.3. The standard InChI is InChI=1S/C23H32N6O3/c1-17-15-28(7-9-31-17)21-5-3-19(11-24-21)13-26-23(30)27-14-20-4-6-22(25-12-20)29-8-10-32-18(2)16-29/h3-6,11-12,17-18H,7-10,13-16H2,1-2H3,(H2,26,27,30)/t17-,18-/m0/s1. The lowest BCUT2D eigenvalue weighted by atomic mass is 10.2. The van der Waals surface area contributed by atoms with Gasteiger partial charge in [0, 0.05) is 51.7 Å². The molecule has 9 nitrogen and oxygen atoms in total. The number of nitrogens with one attached hydrogen (secondary N) is 2. The number of morpholine rings is 2. The number of anilines is 2. The molecule has 2 atom stereocenters. The molecule has 0 aromatic carbocycles. The molecular weight excluding hydrogens is 408 g/mol. The van der Waals surface area contributed by atoms with E-state index in [-0.39, 0.29) is 18.2 Å². The Morgan fingerprint density at radius 2 is 1.34 bits per heavy atom. The van der Waals surface area contributed by atoms with Gasteiger partial charge in [0.25, 0.3) is 0 Å².